The molecule has 1 heterocycles. The van der Waals surface area contributed by atoms with Crippen LogP contribution in [0.5, 0.6) is 0 Å². The molecule has 3 rings (SSSR count). The molecule has 1 amide bonds. The Bertz CT molecular complexity index is 1010. The molecule has 2 aromatic carbocycles. The quantitative estimate of drug-likeness (QED) is 0.481. The summed E-state index contributed by atoms with van der Waals surface area (Å²) in [5.41, 5.74) is 0.641. The van der Waals surface area contributed by atoms with Crippen molar-refractivity contribution in [3.63, 3.8) is 0 Å². The van der Waals surface area contributed by atoms with Crippen molar-refractivity contribution in [2.45, 2.75) is 6.42 Å². The van der Waals surface area contributed by atoms with Crippen LogP contribution in [0.1, 0.15) is 15.9 Å². The first-order valence-corrected chi connectivity index (χ1v) is 8.33. The van der Waals surface area contributed by atoms with Crippen LogP contribution in [0.25, 0.3) is 0 Å². The predicted molar refractivity (Wildman–Crippen MR) is 97.1 cm³/mol. The number of aromatic nitrogens is 1. The van der Waals surface area contributed by atoms with Gasteiger partial charge in [-0.05, 0) is 36.2 Å². The van der Waals surface area contributed by atoms with Crippen LogP contribution in [0.4, 0.5) is 28.9 Å². The van der Waals surface area contributed by atoms with Crippen molar-refractivity contribution in [3.05, 3.63) is 89.3 Å². The lowest BCUT2D eigenvalue weighted by Gasteiger charge is -2.10. The maximum atomic E-state index is 13.7. The number of halogens is 4. The minimum atomic E-state index is -1.67. The highest BCUT2D eigenvalue weighted by Crippen LogP contribution is 2.20. The molecular weight excluding hydrogens is 374 g/mol. The van der Waals surface area contributed by atoms with Crippen molar-refractivity contribution in [1.82, 2.24) is 4.98 Å². The average molecular weight is 389 g/mol. The average Bonchev–Trinajstić information content (AvgIpc) is 2.70. The molecule has 0 spiro atoms. The summed E-state index contributed by atoms with van der Waals surface area (Å²) in [7, 11) is 0. The molecule has 1 aromatic heterocycles. The lowest BCUT2D eigenvalue weighted by Crippen LogP contribution is -2.15. The molecule has 0 aliphatic carbocycles. The predicted octanol–water partition coefficient (Wildman–Crippen LogP) is 4.54. The minimum absolute atomic E-state index is 0.0834. The van der Waals surface area contributed by atoms with E-state index in [1.807, 2.05) is 0 Å². The van der Waals surface area contributed by atoms with Crippen molar-refractivity contribution < 1.29 is 22.4 Å². The van der Waals surface area contributed by atoms with Gasteiger partial charge >= 0.3 is 0 Å². The molecule has 0 aliphatic heterocycles. The molecular formula is C20H15F4N3O. The van der Waals surface area contributed by atoms with Crippen LogP contribution >= 0.6 is 0 Å². The molecule has 0 fully saturated rings. The van der Waals surface area contributed by atoms with Gasteiger partial charge in [0.25, 0.3) is 5.91 Å². The highest BCUT2D eigenvalue weighted by atomic mass is 19.2. The van der Waals surface area contributed by atoms with E-state index in [1.165, 1.54) is 24.5 Å². The lowest BCUT2D eigenvalue weighted by atomic mass is 10.1. The third-order valence-corrected chi connectivity index (χ3v) is 3.97. The third-order valence-electron chi connectivity index (χ3n) is 3.97. The fraction of sp³-hybridized carbons (Fsp3) is 0.100. The number of nitrogens with zero attached hydrogens (tertiary/aromatic N) is 1. The Morgan fingerprint density at radius 2 is 1.71 bits per heavy atom. The van der Waals surface area contributed by atoms with E-state index in [0.29, 0.717) is 30.3 Å². The summed E-state index contributed by atoms with van der Waals surface area (Å²) in [6, 6.07) is 9.50. The second-order valence-electron chi connectivity index (χ2n) is 5.91. The molecule has 0 saturated carbocycles. The van der Waals surface area contributed by atoms with Gasteiger partial charge in [0.15, 0.2) is 17.5 Å². The minimum Gasteiger partial charge on any atom is -0.383 e. The smallest absolute Gasteiger partial charge is 0.257 e. The van der Waals surface area contributed by atoms with E-state index >= 15 is 0 Å². The van der Waals surface area contributed by atoms with E-state index in [0.717, 1.165) is 6.07 Å². The summed E-state index contributed by atoms with van der Waals surface area (Å²) in [6.45, 7) is 0.394. The first kappa shape index (κ1) is 19.3. The summed E-state index contributed by atoms with van der Waals surface area (Å²) >= 11 is 0. The van der Waals surface area contributed by atoms with E-state index in [1.54, 1.807) is 18.2 Å². The number of nitrogens with one attached hydrogen (secondary N) is 2. The topological polar surface area (TPSA) is 54.0 Å². The van der Waals surface area contributed by atoms with E-state index in [9.17, 15) is 22.4 Å². The molecule has 144 valence electrons. The van der Waals surface area contributed by atoms with Gasteiger partial charge in [-0.3, -0.25) is 9.78 Å². The molecule has 4 nitrogen and oxygen atoms in total. The van der Waals surface area contributed by atoms with Crippen molar-refractivity contribution in [2.24, 2.45) is 0 Å². The Hall–Kier alpha value is -3.42. The monoisotopic (exact) mass is 389 g/mol. The van der Waals surface area contributed by atoms with Crippen LogP contribution < -0.4 is 10.6 Å². The first-order chi connectivity index (χ1) is 13.5. The molecule has 0 radical (unpaired) electrons. The zero-order chi connectivity index (χ0) is 20.1. The van der Waals surface area contributed by atoms with Gasteiger partial charge in [0.2, 0.25) is 0 Å². The second kappa shape index (κ2) is 8.51. The van der Waals surface area contributed by atoms with Crippen LogP contribution in [-0.2, 0) is 6.42 Å². The number of carbonyl (C=O) groups excluding carboxylic acids is 1. The van der Waals surface area contributed by atoms with Gasteiger partial charge in [0, 0.05) is 18.9 Å². The van der Waals surface area contributed by atoms with E-state index in [2.05, 4.69) is 15.6 Å². The summed E-state index contributed by atoms with van der Waals surface area (Å²) in [4.78, 5) is 16.2. The molecule has 3 aromatic rings. The molecule has 0 aliphatic rings. The molecule has 28 heavy (non-hydrogen) atoms. The summed E-state index contributed by atoms with van der Waals surface area (Å²) in [6.07, 6.45) is 3.13. The highest BCUT2D eigenvalue weighted by molar-refractivity contribution is 6.04. The lowest BCUT2D eigenvalue weighted by molar-refractivity contribution is 0.102. The fourth-order valence-corrected chi connectivity index (χ4v) is 2.52. The van der Waals surface area contributed by atoms with Crippen molar-refractivity contribution in [3.8, 4) is 0 Å². The Kier molecular flexibility index (Phi) is 5.88. The van der Waals surface area contributed by atoms with Gasteiger partial charge in [-0.2, -0.15) is 0 Å². The molecule has 0 unspecified atom stereocenters. The number of amides is 1. The Balaban J connectivity index is 1.65. The summed E-state index contributed by atoms with van der Waals surface area (Å²) < 4.78 is 53.5. The van der Waals surface area contributed by atoms with Gasteiger partial charge in [0.05, 0.1) is 16.9 Å². The largest absolute Gasteiger partial charge is 0.383 e. The zero-order valence-corrected chi connectivity index (χ0v) is 14.5. The van der Waals surface area contributed by atoms with Gasteiger partial charge in [-0.25, -0.2) is 17.6 Å². The number of carbonyl (C=O) groups is 1. The number of anilines is 2. The van der Waals surface area contributed by atoms with E-state index in [4.69, 9.17) is 0 Å². The van der Waals surface area contributed by atoms with Gasteiger partial charge in [-0.1, -0.05) is 18.2 Å². The van der Waals surface area contributed by atoms with Crippen LogP contribution in [0.3, 0.4) is 0 Å². The molecule has 8 heteroatoms. The molecule has 0 bridgehead atoms. The van der Waals surface area contributed by atoms with Gasteiger partial charge in [-0.15, -0.1) is 0 Å². The standard InChI is InChI=1S/C20H15F4N3O/c21-15-4-2-1-3-12(15)7-8-26-14-9-13(10-25-11-14)20(28)27-17-6-5-16(22)18(23)19(17)24/h1-6,9-11,26H,7-8H2,(H,27,28). The molecule has 2 N–H and O–H groups in total. The Morgan fingerprint density at radius 3 is 2.50 bits per heavy atom. The van der Waals surface area contributed by atoms with E-state index in [-0.39, 0.29) is 11.4 Å². The first-order valence-electron chi connectivity index (χ1n) is 8.33. The number of rotatable bonds is 6. The normalized spacial score (nSPS) is 10.6. The summed E-state index contributed by atoms with van der Waals surface area (Å²) in [5, 5.41) is 5.19. The fourth-order valence-electron chi connectivity index (χ4n) is 2.52. The van der Waals surface area contributed by atoms with Crippen molar-refractivity contribution in [2.75, 3.05) is 17.2 Å². The Labute approximate surface area is 158 Å². The zero-order valence-electron chi connectivity index (χ0n) is 14.5. The van der Waals surface area contributed by atoms with Crippen LogP contribution in [0.2, 0.25) is 0 Å². The SMILES string of the molecule is O=C(Nc1ccc(F)c(F)c1F)c1cncc(NCCc2ccccc2F)c1. The van der Waals surface area contributed by atoms with Gasteiger partial charge < -0.3 is 10.6 Å². The Morgan fingerprint density at radius 1 is 0.929 bits per heavy atom. The molecule has 0 atom stereocenters. The van der Waals surface area contributed by atoms with Crippen molar-refractivity contribution >= 4 is 17.3 Å². The maximum absolute atomic E-state index is 13.7. The van der Waals surface area contributed by atoms with Crippen LogP contribution in [0.15, 0.2) is 54.9 Å². The number of benzene rings is 2. The van der Waals surface area contributed by atoms with Crippen LogP contribution in [0, 0.1) is 23.3 Å². The van der Waals surface area contributed by atoms with Gasteiger partial charge in [0.1, 0.15) is 5.82 Å². The molecule has 0 saturated heterocycles. The summed E-state index contributed by atoms with van der Waals surface area (Å²) in [5.74, 6) is -5.54. The van der Waals surface area contributed by atoms with Crippen molar-refractivity contribution in [1.29, 1.82) is 0 Å². The van der Waals surface area contributed by atoms with E-state index < -0.39 is 29.0 Å². The third kappa shape index (κ3) is 4.46. The highest BCUT2D eigenvalue weighted by Gasteiger charge is 2.16. The second-order valence-corrected chi connectivity index (χ2v) is 5.91. The number of hydrogen-bond acceptors (Lipinski definition) is 3. The maximum Gasteiger partial charge on any atom is 0.257 e. The number of pyridine rings is 1. The number of hydrogen-bond donors (Lipinski definition) is 2. The van der Waals surface area contributed by atoms with Crippen LogP contribution in [-0.4, -0.2) is 17.4 Å².